The van der Waals surface area contributed by atoms with Crippen LogP contribution in [0.4, 0.5) is 23.2 Å². The van der Waals surface area contributed by atoms with E-state index in [2.05, 4.69) is 0 Å². The molecule has 21 heavy (non-hydrogen) atoms. The summed E-state index contributed by atoms with van der Waals surface area (Å²) >= 11 is 1.81. The Kier molecular flexibility index (Phi) is 4.35. The topological polar surface area (TPSA) is 49.3 Å². The smallest absolute Gasteiger partial charge is 0.255 e. The number of rotatable bonds is 2. The Morgan fingerprint density at radius 2 is 1.62 bits per heavy atom. The zero-order valence-corrected chi connectivity index (χ0v) is 12.2. The third-order valence-corrected chi connectivity index (χ3v) is 3.47. The van der Waals surface area contributed by atoms with Gasteiger partial charge in [-0.1, -0.05) is 0 Å². The van der Waals surface area contributed by atoms with Gasteiger partial charge in [0.2, 0.25) is 0 Å². The Morgan fingerprint density at radius 1 is 1.05 bits per heavy atom. The first-order valence-corrected chi connectivity index (χ1v) is 6.52. The highest BCUT2D eigenvalue weighted by atomic mass is 127. The van der Waals surface area contributed by atoms with Gasteiger partial charge in [-0.05, 0) is 40.8 Å². The minimum absolute atomic E-state index is 0.0387. The van der Waals surface area contributed by atoms with Gasteiger partial charge in [-0.2, -0.15) is 0 Å². The number of hydrogen-bond acceptors (Lipinski definition) is 2. The molecule has 0 spiro atoms. The number of hydrogen-bond donors (Lipinski definition) is 2. The van der Waals surface area contributed by atoms with Gasteiger partial charge in [0.25, 0.3) is 5.91 Å². The van der Waals surface area contributed by atoms with Crippen molar-refractivity contribution in [1.82, 2.24) is 0 Å². The van der Waals surface area contributed by atoms with Gasteiger partial charge in [-0.3, -0.25) is 4.79 Å². The Balaban J connectivity index is 2.38. The Bertz CT molecular complexity index is 710. The largest absolute Gasteiger partial charge is 0.507 e. The van der Waals surface area contributed by atoms with Gasteiger partial charge in [0.1, 0.15) is 11.4 Å². The average Bonchev–Trinajstić information content (AvgIpc) is 2.44. The van der Waals surface area contributed by atoms with E-state index in [9.17, 15) is 27.5 Å². The van der Waals surface area contributed by atoms with Gasteiger partial charge in [-0.25, -0.2) is 17.6 Å². The minimum Gasteiger partial charge on any atom is -0.507 e. The van der Waals surface area contributed by atoms with Gasteiger partial charge in [0.15, 0.2) is 23.3 Å². The highest BCUT2D eigenvalue weighted by Gasteiger charge is 2.21. The maximum atomic E-state index is 13.4. The van der Waals surface area contributed by atoms with Crippen molar-refractivity contribution >= 4 is 34.2 Å². The number of carbonyl (C=O) groups is 1. The van der Waals surface area contributed by atoms with Crippen LogP contribution in [0.25, 0.3) is 0 Å². The van der Waals surface area contributed by atoms with Crippen LogP contribution in [0.5, 0.6) is 5.75 Å². The lowest BCUT2D eigenvalue weighted by Crippen LogP contribution is -2.15. The third-order valence-electron chi connectivity index (χ3n) is 2.56. The number of nitrogens with one attached hydrogen (secondary N) is 1. The van der Waals surface area contributed by atoms with Crippen molar-refractivity contribution < 1.29 is 27.5 Å². The monoisotopic (exact) mass is 411 g/mol. The Hall–Kier alpha value is -1.84. The van der Waals surface area contributed by atoms with E-state index in [-0.39, 0.29) is 17.4 Å². The molecule has 0 saturated heterocycles. The highest BCUT2D eigenvalue weighted by Crippen LogP contribution is 2.26. The molecule has 0 aromatic heterocycles. The second kappa shape index (κ2) is 5.88. The molecule has 3 nitrogen and oxygen atoms in total. The predicted molar refractivity (Wildman–Crippen MR) is 75.1 cm³/mol. The summed E-state index contributed by atoms with van der Waals surface area (Å²) in [7, 11) is 0. The zero-order chi connectivity index (χ0) is 15.7. The van der Waals surface area contributed by atoms with Gasteiger partial charge in [0, 0.05) is 11.6 Å². The van der Waals surface area contributed by atoms with Crippen LogP contribution in [0.2, 0.25) is 0 Å². The lowest BCUT2D eigenvalue weighted by Gasteiger charge is -2.09. The molecule has 0 fully saturated rings. The number of aromatic hydroxyl groups is 1. The molecule has 0 aliphatic heterocycles. The summed E-state index contributed by atoms with van der Waals surface area (Å²) in [6, 6.07) is 3.77. The van der Waals surface area contributed by atoms with Crippen molar-refractivity contribution in [2.45, 2.75) is 0 Å². The van der Waals surface area contributed by atoms with Crippen molar-refractivity contribution in [2.24, 2.45) is 0 Å². The van der Waals surface area contributed by atoms with Gasteiger partial charge in [-0.15, -0.1) is 0 Å². The summed E-state index contributed by atoms with van der Waals surface area (Å²) in [6.07, 6.45) is 0. The summed E-state index contributed by atoms with van der Waals surface area (Å²) in [5.41, 5.74) is -1.35. The van der Waals surface area contributed by atoms with E-state index < -0.39 is 34.9 Å². The van der Waals surface area contributed by atoms with E-state index in [0.29, 0.717) is 3.57 Å². The molecule has 2 aromatic carbocycles. The van der Waals surface area contributed by atoms with Gasteiger partial charge < -0.3 is 10.4 Å². The first kappa shape index (κ1) is 15.5. The fourth-order valence-electron chi connectivity index (χ4n) is 1.52. The molecule has 2 aromatic rings. The van der Waals surface area contributed by atoms with Crippen LogP contribution in [0.15, 0.2) is 24.3 Å². The van der Waals surface area contributed by atoms with Crippen LogP contribution in [0, 0.1) is 26.8 Å². The molecule has 0 bridgehead atoms. The number of halogens is 5. The van der Waals surface area contributed by atoms with Crippen molar-refractivity contribution in [1.29, 1.82) is 0 Å². The Morgan fingerprint density at radius 3 is 2.14 bits per heavy atom. The lowest BCUT2D eigenvalue weighted by molar-refractivity contribution is 0.102. The number of phenols is 1. The van der Waals surface area contributed by atoms with Crippen LogP contribution in [0.3, 0.4) is 0 Å². The molecule has 2 N–H and O–H groups in total. The van der Waals surface area contributed by atoms with Crippen LogP contribution < -0.4 is 5.32 Å². The third kappa shape index (κ3) is 3.09. The Labute approximate surface area is 129 Å². The molecule has 0 heterocycles. The van der Waals surface area contributed by atoms with E-state index in [1.165, 1.54) is 12.1 Å². The summed E-state index contributed by atoms with van der Waals surface area (Å²) in [4.78, 5) is 11.8. The number of phenolic OH excluding ortho intramolecular Hbond substituents is 1. The lowest BCUT2D eigenvalue weighted by atomic mass is 10.2. The molecular formula is C13H6F4INO2. The quantitative estimate of drug-likeness (QED) is 0.449. The minimum atomic E-state index is -1.71. The van der Waals surface area contributed by atoms with Crippen LogP contribution in [0.1, 0.15) is 10.4 Å². The van der Waals surface area contributed by atoms with Crippen molar-refractivity contribution in [3.8, 4) is 5.75 Å². The van der Waals surface area contributed by atoms with Crippen molar-refractivity contribution in [2.75, 3.05) is 5.32 Å². The summed E-state index contributed by atoms with van der Waals surface area (Å²) in [6.45, 7) is 0. The number of amides is 1. The zero-order valence-electron chi connectivity index (χ0n) is 10.1. The standard InChI is InChI=1S/C13H6F4INO2/c14-6-4-7(15)11(17)12(10(6)16)19-13(21)5-1-2-8(18)9(20)3-5/h1-4,20H,(H,19,21). The predicted octanol–water partition coefficient (Wildman–Crippen LogP) is 3.81. The maximum absolute atomic E-state index is 13.4. The number of anilines is 1. The summed E-state index contributed by atoms with van der Waals surface area (Å²) in [5.74, 6) is -7.92. The molecule has 0 aliphatic carbocycles. The fourth-order valence-corrected chi connectivity index (χ4v) is 1.86. The average molecular weight is 411 g/mol. The second-order valence-corrected chi connectivity index (χ2v) is 5.13. The molecule has 0 radical (unpaired) electrons. The van der Waals surface area contributed by atoms with E-state index in [4.69, 9.17) is 0 Å². The summed E-state index contributed by atoms with van der Waals surface area (Å²) in [5, 5.41) is 11.2. The maximum Gasteiger partial charge on any atom is 0.255 e. The molecule has 0 aliphatic rings. The van der Waals surface area contributed by atoms with Crippen molar-refractivity contribution in [3.63, 3.8) is 0 Å². The summed E-state index contributed by atoms with van der Waals surface area (Å²) < 4.78 is 53.3. The molecule has 2 rings (SSSR count). The number of benzene rings is 2. The van der Waals surface area contributed by atoms with E-state index >= 15 is 0 Å². The van der Waals surface area contributed by atoms with Crippen LogP contribution in [-0.2, 0) is 0 Å². The molecule has 1 amide bonds. The molecule has 0 unspecified atom stereocenters. The first-order chi connectivity index (χ1) is 9.81. The van der Waals surface area contributed by atoms with E-state index in [1.54, 1.807) is 27.9 Å². The molecule has 0 atom stereocenters. The highest BCUT2D eigenvalue weighted by molar-refractivity contribution is 14.1. The molecular weight excluding hydrogens is 405 g/mol. The second-order valence-electron chi connectivity index (χ2n) is 3.96. The van der Waals surface area contributed by atoms with Crippen molar-refractivity contribution in [3.05, 3.63) is 56.7 Å². The first-order valence-electron chi connectivity index (χ1n) is 5.44. The molecule has 0 saturated carbocycles. The van der Waals surface area contributed by atoms with E-state index in [1.807, 2.05) is 0 Å². The number of carbonyl (C=O) groups excluding carboxylic acids is 1. The normalized spacial score (nSPS) is 10.5. The van der Waals surface area contributed by atoms with Crippen LogP contribution >= 0.6 is 22.6 Å². The molecule has 110 valence electrons. The molecule has 8 heteroatoms. The van der Waals surface area contributed by atoms with Crippen LogP contribution in [-0.4, -0.2) is 11.0 Å². The SMILES string of the molecule is O=C(Nc1c(F)c(F)cc(F)c1F)c1ccc(I)c(O)c1. The van der Waals surface area contributed by atoms with Gasteiger partial charge in [0.05, 0.1) is 3.57 Å². The van der Waals surface area contributed by atoms with E-state index in [0.717, 1.165) is 6.07 Å². The van der Waals surface area contributed by atoms with Gasteiger partial charge >= 0.3 is 0 Å². The fraction of sp³-hybridized carbons (Fsp3) is 0.